The summed E-state index contributed by atoms with van der Waals surface area (Å²) in [6, 6.07) is 23.5. The van der Waals surface area contributed by atoms with E-state index in [0.717, 1.165) is 10.9 Å². The number of anilines is 3. The van der Waals surface area contributed by atoms with E-state index in [4.69, 9.17) is 11.5 Å². The molecule has 0 aliphatic rings. The van der Waals surface area contributed by atoms with Crippen LogP contribution in [-0.4, -0.2) is 87.2 Å². The van der Waals surface area contributed by atoms with E-state index in [0.29, 0.717) is 16.9 Å². The Morgan fingerprint density at radius 2 is 1.12 bits per heavy atom. The van der Waals surface area contributed by atoms with Gasteiger partial charge in [0, 0.05) is 44.9 Å². The Hall–Kier alpha value is -6.49. The van der Waals surface area contributed by atoms with E-state index in [-0.39, 0.29) is 31.7 Å². The molecule has 11 N–H and O–H groups in total. The number of nitrogens with two attached hydrogens (primary N) is 2. The van der Waals surface area contributed by atoms with E-state index in [1.807, 2.05) is 72.8 Å². The second-order valence-corrected chi connectivity index (χ2v) is 11.3. The smallest absolute Gasteiger partial charge is 0.239 e. The Balaban J connectivity index is 1.29. The van der Waals surface area contributed by atoms with Gasteiger partial charge in [-0.05, 0) is 11.6 Å². The lowest BCUT2D eigenvalue weighted by Gasteiger charge is -2.25. The van der Waals surface area contributed by atoms with Crippen LogP contribution in [0.4, 0.5) is 17.2 Å². The Morgan fingerprint density at radius 1 is 0.654 bits per heavy atom. The van der Waals surface area contributed by atoms with Crippen LogP contribution in [0.15, 0.2) is 78.9 Å². The van der Waals surface area contributed by atoms with Crippen LogP contribution in [0, 0.1) is 0 Å². The fraction of sp³-hybridized carbons (Fsp3) is 0.286. The summed E-state index contributed by atoms with van der Waals surface area (Å²) in [5.74, 6) is -3.16. The van der Waals surface area contributed by atoms with Gasteiger partial charge in [0.15, 0.2) is 0 Å². The molecular weight excluding hydrogens is 670 g/mol. The first-order valence-electron chi connectivity index (χ1n) is 16.3. The number of carbonyl (C=O) groups is 6. The number of hydrogen-bond acceptors (Lipinski definition) is 11. The number of nitrogens with one attached hydrogen (secondary N) is 7. The number of nitrogens with zero attached hydrogens (tertiary/aromatic N) is 2. The molecule has 17 heteroatoms. The van der Waals surface area contributed by atoms with Crippen molar-refractivity contribution in [3.05, 3.63) is 84.4 Å². The van der Waals surface area contributed by atoms with E-state index in [1.165, 1.54) is 5.01 Å². The van der Waals surface area contributed by atoms with E-state index >= 15 is 0 Å². The fourth-order valence-electron chi connectivity index (χ4n) is 4.69. The van der Waals surface area contributed by atoms with Crippen LogP contribution in [0.1, 0.15) is 24.4 Å². The lowest BCUT2D eigenvalue weighted by molar-refractivity contribution is -0.129. The molecule has 1 atom stereocenters. The molecule has 0 spiro atoms. The molecule has 0 radical (unpaired) electrons. The third-order valence-electron chi connectivity index (χ3n) is 7.33. The molecule has 0 fully saturated rings. The molecule has 3 aromatic rings. The fourth-order valence-corrected chi connectivity index (χ4v) is 4.69. The molecule has 1 aromatic heterocycles. The van der Waals surface area contributed by atoms with E-state index < -0.39 is 61.1 Å². The summed E-state index contributed by atoms with van der Waals surface area (Å²) in [5.41, 5.74) is 17.6. The highest BCUT2D eigenvalue weighted by Gasteiger charge is 2.18. The predicted molar refractivity (Wildman–Crippen MR) is 198 cm³/mol. The molecule has 3 rings (SSSR count). The molecule has 2 aromatic carbocycles. The minimum atomic E-state index is -0.664. The Bertz CT molecular complexity index is 1780. The van der Waals surface area contributed by atoms with Crippen molar-refractivity contribution in [3.63, 3.8) is 0 Å². The largest absolute Gasteiger partial charge is 0.383 e. The van der Waals surface area contributed by atoms with Crippen molar-refractivity contribution in [2.75, 3.05) is 62.9 Å². The number of carbonyl (C=O) groups excluding carboxylic acids is 6. The first-order valence-corrected chi connectivity index (χ1v) is 16.3. The van der Waals surface area contributed by atoms with Gasteiger partial charge < -0.3 is 43.4 Å². The van der Waals surface area contributed by atoms with Crippen molar-refractivity contribution in [1.29, 1.82) is 0 Å². The first kappa shape index (κ1) is 39.9. The molecule has 0 saturated heterocycles. The van der Waals surface area contributed by atoms with Crippen molar-refractivity contribution >= 4 is 63.5 Å². The zero-order valence-electron chi connectivity index (χ0n) is 29.0. The molecule has 52 heavy (non-hydrogen) atoms. The molecule has 6 amide bonds. The van der Waals surface area contributed by atoms with Gasteiger partial charge in [-0.25, -0.2) is 4.98 Å². The van der Waals surface area contributed by atoms with Gasteiger partial charge in [0.2, 0.25) is 35.4 Å². The number of hydrogen-bond donors (Lipinski definition) is 9. The minimum Gasteiger partial charge on any atom is -0.383 e. The van der Waals surface area contributed by atoms with Gasteiger partial charge in [0.05, 0.1) is 37.4 Å². The van der Waals surface area contributed by atoms with Gasteiger partial charge in [0.1, 0.15) is 11.5 Å². The Kier molecular flexibility index (Phi) is 16.0. The maximum absolute atomic E-state index is 12.6. The second-order valence-electron chi connectivity index (χ2n) is 11.3. The number of fused-ring (bicyclic) bond motifs is 1. The quantitative estimate of drug-likeness (QED) is 0.0807. The van der Waals surface area contributed by atoms with Gasteiger partial charge in [-0.15, -0.1) is 0 Å². The van der Waals surface area contributed by atoms with Crippen LogP contribution >= 0.6 is 0 Å². The van der Waals surface area contributed by atoms with Gasteiger partial charge in [-0.1, -0.05) is 72.8 Å². The molecule has 1 unspecified atom stereocenters. The molecule has 17 nitrogen and oxygen atoms in total. The average molecular weight is 716 g/mol. The van der Waals surface area contributed by atoms with E-state index in [1.54, 1.807) is 20.2 Å². The summed E-state index contributed by atoms with van der Waals surface area (Å²) in [4.78, 5) is 77.7. The van der Waals surface area contributed by atoms with Gasteiger partial charge >= 0.3 is 0 Å². The topological polar surface area (TPSA) is 255 Å². The average Bonchev–Trinajstić information content (AvgIpc) is 3.13. The standard InChI is InChI=1S/C35H45N11O6/c1-38-33-34(24-14-10-11-15-26(24)44-35(33)37)46(2)45-28(48)17-16-27(47)40-19-30(50)42-21-32(52)43-22-31(51)41-20-29(49)39-18-25(36)23-12-8-6-4-3-5-7-9-13-23/h3-15,25,38H,16-22,36H2,1-2H3,(H2,37,44)(H,39,49)(H,40,47)(H,41,51)(H,42,50)(H,43,52)(H,45,48). The summed E-state index contributed by atoms with van der Waals surface area (Å²) in [5, 5.41) is 17.3. The monoisotopic (exact) mass is 715 g/mol. The summed E-state index contributed by atoms with van der Waals surface area (Å²) in [6.45, 7) is -1.50. The second kappa shape index (κ2) is 20.9. The molecule has 0 bridgehead atoms. The number of pyridine rings is 1. The third kappa shape index (κ3) is 13.4. The minimum absolute atomic E-state index is 0.140. The number of amides is 6. The SMILES string of the molecule is CNc1c(N)nc2ccccc2c1N(C)NC(=O)CCC(=O)NCC(=O)NCC(=O)NCC(=O)NCC(=O)NCC(N)c1ccccccccc1. The van der Waals surface area contributed by atoms with Crippen LogP contribution < -0.4 is 53.8 Å². The van der Waals surface area contributed by atoms with Crippen molar-refractivity contribution in [3.8, 4) is 0 Å². The number of rotatable bonds is 17. The lowest BCUT2D eigenvalue weighted by atomic mass is 10.1. The van der Waals surface area contributed by atoms with Crippen LogP contribution in [0.25, 0.3) is 10.9 Å². The maximum atomic E-state index is 12.6. The first-order chi connectivity index (χ1) is 25.0. The van der Waals surface area contributed by atoms with Gasteiger partial charge in [-0.2, -0.15) is 0 Å². The van der Waals surface area contributed by atoms with Crippen molar-refractivity contribution in [1.82, 2.24) is 37.0 Å². The van der Waals surface area contributed by atoms with E-state index in [2.05, 4.69) is 42.3 Å². The van der Waals surface area contributed by atoms with Crippen molar-refractivity contribution in [2.24, 2.45) is 5.73 Å². The summed E-state index contributed by atoms with van der Waals surface area (Å²) >= 11 is 0. The lowest BCUT2D eigenvalue weighted by Crippen LogP contribution is -2.46. The summed E-state index contributed by atoms with van der Waals surface area (Å²) < 4.78 is 0. The summed E-state index contributed by atoms with van der Waals surface area (Å²) in [7, 11) is 3.32. The van der Waals surface area contributed by atoms with Crippen molar-refractivity contribution in [2.45, 2.75) is 18.9 Å². The maximum Gasteiger partial charge on any atom is 0.239 e. The Labute approximate surface area is 300 Å². The molecule has 0 saturated carbocycles. The molecule has 276 valence electrons. The Morgan fingerprint density at radius 3 is 1.67 bits per heavy atom. The highest BCUT2D eigenvalue weighted by Crippen LogP contribution is 2.35. The third-order valence-corrected chi connectivity index (χ3v) is 7.33. The number of aromatic nitrogens is 1. The molecule has 1 heterocycles. The predicted octanol–water partition coefficient (Wildman–Crippen LogP) is -0.488. The van der Waals surface area contributed by atoms with Crippen molar-refractivity contribution < 1.29 is 28.8 Å². The normalized spacial score (nSPS) is 10.8. The zero-order chi connectivity index (χ0) is 37.9. The molecule has 0 aliphatic heterocycles. The number of hydrazine groups is 1. The number of para-hydroxylation sites is 1. The van der Waals surface area contributed by atoms with Crippen LogP contribution in [0.2, 0.25) is 0 Å². The highest BCUT2D eigenvalue weighted by atomic mass is 16.2. The van der Waals surface area contributed by atoms with Gasteiger partial charge in [-0.3, -0.25) is 39.2 Å². The van der Waals surface area contributed by atoms with Gasteiger partial charge in [0.25, 0.3) is 0 Å². The highest BCUT2D eigenvalue weighted by molar-refractivity contribution is 6.02. The zero-order valence-corrected chi connectivity index (χ0v) is 29.0. The molecule has 0 aliphatic carbocycles. The van der Waals surface area contributed by atoms with E-state index in [9.17, 15) is 28.8 Å². The van der Waals surface area contributed by atoms with Crippen LogP contribution in [-0.2, 0) is 28.8 Å². The summed E-state index contributed by atoms with van der Waals surface area (Å²) in [6.07, 6.45) is -0.372. The number of nitrogen functional groups attached to an aromatic ring is 1. The van der Waals surface area contributed by atoms with Crippen LogP contribution in [0.5, 0.6) is 0 Å². The van der Waals surface area contributed by atoms with Crippen LogP contribution in [0.3, 0.4) is 0 Å². The number of benzene rings is 1. The molecular formula is C35H45N11O6.